The first-order chi connectivity index (χ1) is 10.4. The smallest absolute Gasteiger partial charge is 0.122 e. The van der Waals surface area contributed by atoms with Crippen LogP contribution in [0.15, 0.2) is 48.5 Å². The second kappa shape index (κ2) is 5.44. The summed E-state index contributed by atoms with van der Waals surface area (Å²) in [5.74, 6) is 3.29. The normalized spacial score (nSPS) is 24.0. The fourth-order valence-electron chi connectivity index (χ4n) is 3.64. The highest BCUT2D eigenvalue weighted by atomic mass is 16.5. The molecule has 2 nitrogen and oxygen atoms in total. The molecule has 0 N–H and O–H groups in total. The minimum atomic E-state index is 0.564. The third kappa shape index (κ3) is 2.39. The Morgan fingerprint density at radius 1 is 0.810 bits per heavy atom. The number of aryl methyl sites for hydroxylation is 1. The molecule has 108 valence electrons. The predicted octanol–water partition coefficient (Wildman–Crippen LogP) is 4.19. The van der Waals surface area contributed by atoms with Crippen molar-refractivity contribution >= 4 is 0 Å². The molecule has 0 amide bonds. The molecule has 2 atom stereocenters. The van der Waals surface area contributed by atoms with Crippen LogP contribution in [0.25, 0.3) is 0 Å². The van der Waals surface area contributed by atoms with Crippen LogP contribution in [0.2, 0.25) is 0 Å². The monoisotopic (exact) mass is 280 g/mol. The molecule has 0 bridgehead atoms. The van der Waals surface area contributed by atoms with Gasteiger partial charge in [0.1, 0.15) is 11.5 Å². The number of benzene rings is 2. The van der Waals surface area contributed by atoms with Crippen molar-refractivity contribution in [2.75, 3.05) is 13.2 Å². The van der Waals surface area contributed by atoms with Crippen LogP contribution < -0.4 is 9.47 Å². The summed E-state index contributed by atoms with van der Waals surface area (Å²) in [6.07, 6.45) is 3.31. The molecule has 0 aromatic heterocycles. The van der Waals surface area contributed by atoms with Crippen LogP contribution in [0.5, 0.6) is 11.5 Å². The van der Waals surface area contributed by atoms with E-state index in [1.54, 1.807) is 0 Å². The summed E-state index contributed by atoms with van der Waals surface area (Å²) < 4.78 is 11.9. The first-order valence-corrected chi connectivity index (χ1v) is 7.84. The zero-order valence-corrected chi connectivity index (χ0v) is 12.1. The molecule has 2 heterocycles. The van der Waals surface area contributed by atoms with E-state index in [1.165, 1.54) is 17.5 Å². The minimum absolute atomic E-state index is 0.564. The van der Waals surface area contributed by atoms with Gasteiger partial charge < -0.3 is 9.47 Å². The Morgan fingerprint density at radius 3 is 2.57 bits per heavy atom. The topological polar surface area (TPSA) is 18.5 Å². The molecule has 2 heteroatoms. The van der Waals surface area contributed by atoms with E-state index in [1.807, 2.05) is 0 Å². The Kier molecular flexibility index (Phi) is 3.30. The third-order valence-corrected chi connectivity index (χ3v) is 4.78. The minimum Gasteiger partial charge on any atom is -0.493 e. The zero-order valence-electron chi connectivity index (χ0n) is 12.1. The highest BCUT2D eigenvalue weighted by Crippen LogP contribution is 2.42. The molecule has 21 heavy (non-hydrogen) atoms. The summed E-state index contributed by atoms with van der Waals surface area (Å²) in [4.78, 5) is 0. The molecule has 2 aliphatic heterocycles. The molecule has 2 aromatic carbocycles. The summed E-state index contributed by atoms with van der Waals surface area (Å²) in [5, 5.41) is 0. The van der Waals surface area contributed by atoms with Gasteiger partial charge in [-0.3, -0.25) is 0 Å². The van der Waals surface area contributed by atoms with Gasteiger partial charge in [0.2, 0.25) is 0 Å². The lowest BCUT2D eigenvalue weighted by Crippen LogP contribution is -2.27. The Balaban J connectivity index is 1.67. The fraction of sp³-hybridized carbons (Fsp3) is 0.368. The van der Waals surface area contributed by atoms with Crippen molar-refractivity contribution in [1.29, 1.82) is 0 Å². The molecule has 0 saturated carbocycles. The summed E-state index contributed by atoms with van der Waals surface area (Å²) in [6.45, 7) is 1.60. The standard InChI is InChI=1S/C19H20O2/c1-3-7-18-14(5-1)9-10-16-15(11-12-20-18)13-21-19-8-4-2-6-17(16)19/h1-8,15-16H,9-13H2/t15-,16+/m0/s1. The van der Waals surface area contributed by atoms with Gasteiger partial charge in [-0.05, 0) is 48.4 Å². The number of rotatable bonds is 0. The first kappa shape index (κ1) is 12.8. The second-order valence-electron chi connectivity index (χ2n) is 6.00. The SMILES string of the molecule is c1ccc2c(c1)CC[C@H]1c3ccccc3OC[C@@H]1CCO2. The van der Waals surface area contributed by atoms with E-state index in [9.17, 15) is 0 Å². The van der Waals surface area contributed by atoms with E-state index in [0.29, 0.717) is 11.8 Å². The molecule has 4 rings (SSSR count). The van der Waals surface area contributed by atoms with E-state index in [-0.39, 0.29) is 0 Å². The van der Waals surface area contributed by atoms with Gasteiger partial charge in [0.05, 0.1) is 13.2 Å². The van der Waals surface area contributed by atoms with Crippen LogP contribution >= 0.6 is 0 Å². The Bertz CT molecular complexity index is 635. The van der Waals surface area contributed by atoms with Gasteiger partial charge in [-0.25, -0.2) is 0 Å². The maximum Gasteiger partial charge on any atom is 0.122 e. The average Bonchev–Trinajstić information content (AvgIpc) is 2.63. The lowest BCUT2D eigenvalue weighted by molar-refractivity contribution is 0.161. The van der Waals surface area contributed by atoms with Crippen molar-refractivity contribution in [2.24, 2.45) is 5.92 Å². The Morgan fingerprint density at radius 2 is 1.62 bits per heavy atom. The number of fused-ring (bicyclic) bond motifs is 4. The van der Waals surface area contributed by atoms with Crippen LogP contribution in [0.4, 0.5) is 0 Å². The summed E-state index contributed by atoms with van der Waals surface area (Å²) in [5.41, 5.74) is 2.72. The number of para-hydroxylation sites is 2. The third-order valence-electron chi connectivity index (χ3n) is 4.78. The second-order valence-corrected chi connectivity index (χ2v) is 6.00. The molecule has 2 aliphatic rings. The maximum absolute atomic E-state index is 5.99. The van der Waals surface area contributed by atoms with Gasteiger partial charge in [-0.1, -0.05) is 36.4 Å². The number of hydrogen-bond donors (Lipinski definition) is 0. The van der Waals surface area contributed by atoms with E-state index < -0.39 is 0 Å². The van der Waals surface area contributed by atoms with E-state index >= 15 is 0 Å². The van der Waals surface area contributed by atoms with Crippen molar-refractivity contribution in [2.45, 2.75) is 25.2 Å². The van der Waals surface area contributed by atoms with Gasteiger partial charge in [-0.2, -0.15) is 0 Å². The molecule has 0 spiro atoms. The maximum atomic E-state index is 5.99. The van der Waals surface area contributed by atoms with Crippen molar-refractivity contribution in [1.82, 2.24) is 0 Å². The largest absolute Gasteiger partial charge is 0.493 e. The van der Waals surface area contributed by atoms with Crippen LogP contribution in [0.3, 0.4) is 0 Å². The molecular formula is C19H20O2. The lowest BCUT2D eigenvalue weighted by atomic mass is 9.79. The van der Waals surface area contributed by atoms with E-state index in [4.69, 9.17) is 9.47 Å². The summed E-state index contributed by atoms with van der Waals surface area (Å²) in [6, 6.07) is 17.0. The predicted molar refractivity (Wildman–Crippen MR) is 83.0 cm³/mol. The molecule has 2 aromatic rings. The van der Waals surface area contributed by atoms with Gasteiger partial charge in [0, 0.05) is 5.92 Å². The molecule has 0 saturated heterocycles. The van der Waals surface area contributed by atoms with Crippen molar-refractivity contribution in [3.8, 4) is 11.5 Å². The quantitative estimate of drug-likeness (QED) is 0.720. The highest BCUT2D eigenvalue weighted by molar-refractivity contribution is 5.39. The van der Waals surface area contributed by atoms with Crippen LogP contribution in [-0.2, 0) is 6.42 Å². The van der Waals surface area contributed by atoms with E-state index in [2.05, 4.69) is 48.5 Å². The van der Waals surface area contributed by atoms with Gasteiger partial charge >= 0.3 is 0 Å². The molecular weight excluding hydrogens is 260 g/mol. The fourth-order valence-corrected chi connectivity index (χ4v) is 3.64. The average molecular weight is 280 g/mol. The summed E-state index contributed by atoms with van der Waals surface area (Å²) >= 11 is 0. The Hall–Kier alpha value is -1.96. The van der Waals surface area contributed by atoms with Crippen molar-refractivity contribution in [3.63, 3.8) is 0 Å². The van der Waals surface area contributed by atoms with Crippen LogP contribution in [0, 0.1) is 5.92 Å². The first-order valence-electron chi connectivity index (χ1n) is 7.84. The van der Waals surface area contributed by atoms with Gasteiger partial charge in [0.25, 0.3) is 0 Å². The van der Waals surface area contributed by atoms with Gasteiger partial charge in [-0.15, -0.1) is 0 Å². The lowest BCUT2D eigenvalue weighted by Gasteiger charge is -2.33. The van der Waals surface area contributed by atoms with Crippen LogP contribution in [-0.4, -0.2) is 13.2 Å². The molecule has 0 unspecified atom stereocenters. The van der Waals surface area contributed by atoms with Gasteiger partial charge in [0.15, 0.2) is 0 Å². The summed E-state index contributed by atoms with van der Waals surface area (Å²) in [7, 11) is 0. The van der Waals surface area contributed by atoms with E-state index in [0.717, 1.165) is 37.6 Å². The molecule has 0 aliphatic carbocycles. The zero-order chi connectivity index (χ0) is 14.1. The van der Waals surface area contributed by atoms with Crippen molar-refractivity contribution in [3.05, 3.63) is 59.7 Å². The molecule has 0 fully saturated rings. The van der Waals surface area contributed by atoms with Crippen LogP contribution in [0.1, 0.15) is 29.9 Å². The number of hydrogen-bond acceptors (Lipinski definition) is 2. The highest BCUT2D eigenvalue weighted by Gasteiger charge is 2.31. The molecule has 0 radical (unpaired) electrons. The van der Waals surface area contributed by atoms with Crippen molar-refractivity contribution < 1.29 is 9.47 Å². The number of ether oxygens (including phenoxy) is 2. The Labute approximate surface area is 125 Å².